The van der Waals surface area contributed by atoms with E-state index in [2.05, 4.69) is 10.2 Å². The van der Waals surface area contributed by atoms with Gasteiger partial charge in [-0.15, -0.1) is 0 Å². The number of ketones is 1. The number of carbonyl (C=O) groups excluding carboxylic acids is 2. The molecule has 2 rings (SSSR count). The normalized spacial score (nSPS) is 19.0. The number of ether oxygens (including phenoxy) is 1. The van der Waals surface area contributed by atoms with Gasteiger partial charge in [-0.25, -0.2) is 9.64 Å². The molecule has 0 bridgehead atoms. The molecule has 1 aromatic rings. The highest BCUT2D eigenvalue weighted by Crippen LogP contribution is 2.23. The van der Waals surface area contributed by atoms with E-state index in [9.17, 15) is 9.59 Å². The molecule has 22 heavy (non-hydrogen) atoms. The minimum Gasteiger partial charge on any atom is -0.464 e. The fourth-order valence-corrected chi connectivity index (χ4v) is 2.37. The van der Waals surface area contributed by atoms with Crippen LogP contribution in [-0.2, 0) is 9.53 Å². The van der Waals surface area contributed by atoms with E-state index in [4.69, 9.17) is 22.9 Å². The molecule has 0 aromatic heterocycles. The van der Waals surface area contributed by atoms with Crippen LogP contribution in [0.1, 0.15) is 30.1 Å². The summed E-state index contributed by atoms with van der Waals surface area (Å²) in [6.45, 7) is 9.30. The number of nitrogens with zero attached hydrogens (tertiary/aromatic N) is 1. The molecule has 1 atom stereocenters. The number of allylic oxidation sites excluding steroid dienone is 2. The van der Waals surface area contributed by atoms with Gasteiger partial charge in [0, 0.05) is 16.3 Å². The minimum absolute atomic E-state index is 0.00845. The molecule has 1 N–H and O–H groups in total. The fraction of sp³-hybridized carbons (Fsp3) is 0.312. The van der Waals surface area contributed by atoms with Gasteiger partial charge in [-0.05, 0) is 31.9 Å². The molecule has 6 heteroatoms. The number of Topliss-reactive ketones (excluding diaryl/α,β-unsaturated/α-hetero) is 1. The number of halogens is 1. The average molecular weight is 319 g/mol. The quantitative estimate of drug-likeness (QED) is 0.401. The zero-order chi connectivity index (χ0) is 16.1. The van der Waals surface area contributed by atoms with E-state index in [1.807, 2.05) is 0 Å². The number of hydrogen-bond donors (Lipinski definition) is 1. The highest BCUT2D eigenvalue weighted by Gasteiger charge is 2.30. The molecule has 0 amide bonds. The van der Waals surface area contributed by atoms with E-state index < -0.39 is 6.04 Å². The second kappa shape index (κ2) is 7.10. The third kappa shape index (κ3) is 3.46. The zero-order valence-corrected chi connectivity index (χ0v) is 12.8. The molecule has 0 saturated carbocycles. The molecule has 1 heterocycles. The summed E-state index contributed by atoms with van der Waals surface area (Å²) in [5.74, 6) is -0.737. The van der Waals surface area contributed by atoms with Crippen LogP contribution in [0.4, 0.5) is 0 Å². The second-order valence-corrected chi connectivity index (χ2v) is 5.20. The summed E-state index contributed by atoms with van der Waals surface area (Å²) in [6.07, 6.45) is 0.988. The van der Waals surface area contributed by atoms with Gasteiger partial charge >= 0.3 is 5.97 Å². The van der Waals surface area contributed by atoms with Gasteiger partial charge in [-0.1, -0.05) is 23.7 Å². The van der Waals surface area contributed by atoms with Gasteiger partial charge in [0.15, 0.2) is 5.78 Å². The van der Waals surface area contributed by atoms with Crippen molar-refractivity contribution in [2.24, 2.45) is 0 Å². The lowest BCUT2D eigenvalue weighted by Crippen LogP contribution is -2.32. The molecule has 1 aliphatic rings. The maximum Gasteiger partial charge on any atom is 0.328 e. The lowest BCUT2D eigenvalue weighted by atomic mass is 10.1. The van der Waals surface area contributed by atoms with Crippen molar-refractivity contribution in [3.8, 4) is 0 Å². The van der Waals surface area contributed by atoms with Crippen molar-refractivity contribution in [3.05, 3.63) is 57.7 Å². The van der Waals surface area contributed by atoms with E-state index in [-0.39, 0.29) is 17.4 Å². The van der Waals surface area contributed by atoms with Crippen LogP contribution < -0.4 is 5.32 Å². The average Bonchev–Trinajstić information content (AvgIpc) is 2.98. The Kier molecular flexibility index (Phi) is 5.18. The summed E-state index contributed by atoms with van der Waals surface area (Å²) in [4.78, 5) is 27.4. The molecule has 1 saturated heterocycles. The van der Waals surface area contributed by atoms with Gasteiger partial charge in [0.25, 0.3) is 5.70 Å². The largest absolute Gasteiger partial charge is 0.464 e. The number of benzene rings is 1. The second-order valence-electron chi connectivity index (χ2n) is 4.76. The highest BCUT2D eigenvalue weighted by atomic mass is 35.5. The Hall–Kier alpha value is -2.32. The van der Waals surface area contributed by atoms with Crippen LogP contribution in [0.5, 0.6) is 0 Å². The van der Waals surface area contributed by atoms with E-state index in [0.29, 0.717) is 35.7 Å². The van der Waals surface area contributed by atoms with Crippen molar-refractivity contribution in [1.29, 1.82) is 0 Å². The first-order chi connectivity index (χ1) is 10.6. The molecule has 1 aliphatic heterocycles. The predicted molar refractivity (Wildman–Crippen MR) is 82.2 cm³/mol. The standard InChI is InChI=1S/C16H15ClN2O3/c1-3-22-16(21)13-9-8-12(19-13)14(18-2)15(20)10-4-6-11(17)7-5-10/h4-7,13,19H,3,8-9H2,1H3/b14-12+. The molecule has 1 unspecified atom stereocenters. The Labute approximate surface area is 133 Å². The van der Waals surface area contributed by atoms with Crippen molar-refractivity contribution in [2.75, 3.05) is 6.61 Å². The number of nitrogens with one attached hydrogen (secondary N) is 1. The molecule has 114 valence electrons. The maximum atomic E-state index is 12.4. The Morgan fingerprint density at radius 2 is 2.09 bits per heavy atom. The van der Waals surface area contributed by atoms with Crippen molar-refractivity contribution >= 4 is 23.4 Å². The number of esters is 1. The van der Waals surface area contributed by atoms with Gasteiger partial charge in [-0.3, -0.25) is 0 Å². The van der Waals surface area contributed by atoms with E-state index >= 15 is 0 Å². The fourth-order valence-electron chi connectivity index (χ4n) is 2.24. The van der Waals surface area contributed by atoms with E-state index in [1.165, 1.54) is 0 Å². The van der Waals surface area contributed by atoms with Gasteiger partial charge in [0.05, 0.1) is 13.2 Å². The molecule has 0 aliphatic carbocycles. The first kappa shape index (κ1) is 16.1. The van der Waals surface area contributed by atoms with Crippen LogP contribution in [0.25, 0.3) is 4.85 Å². The van der Waals surface area contributed by atoms with Crippen LogP contribution in [0.3, 0.4) is 0 Å². The Morgan fingerprint density at radius 3 is 2.68 bits per heavy atom. The number of carbonyl (C=O) groups is 2. The van der Waals surface area contributed by atoms with Crippen LogP contribution in [-0.4, -0.2) is 24.4 Å². The summed E-state index contributed by atoms with van der Waals surface area (Å²) in [7, 11) is 0. The van der Waals surface area contributed by atoms with Crippen LogP contribution in [0.15, 0.2) is 35.7 Å². The molecule has 0 radical (unpaired) electrons. The lowest BCUT2D eigenvalue weighted by Gasteiger charge is -2.10. The van der Waals surface area contributed by atoms with Crippen LogP contribution in [0.2, 0.25) is 5.02 Å². The Morgan fingerprint density at radius 1 is 1.41 bits per heavy atom. The van der Waals surface area contributed by atoms with Crippen molar-refractivity contribution in [2.45, 2.75) is 25.8 Å². The van der Waals surface area contributed by atoms with Crippen molar-refractivity contribution in [3.63, 3.8) is 0 Å². The highest BCUT2D eigenvalue weighted by molar-refractivity contribution is 6.30. The van der Waals surface area contributed by atoms with Gasteiger partial charge in [0.2, 0.25) is 0 Å². The van der Waals surface area contributed by atoms with Crippen LogP contribution in [0, 0.1) is 6.57 Å². The predicted octanol–water partition coefficient (Wildman–Crippen LogP) is 2.97. The first-order valence-corrected chi connectivity index (χ1v) is 7.28. The summed E-state index contributed by atoms with van der Waals surface area (Å²) >= 11 is 5.79. The van der Waals surface area contributed by atoms with E-state index in [0.717, 1.165) is 0 Å². The van der Waals surface area contributed by atoms with Crippen LogP contribution >= 0.6 is 11.6 Å². The summed E-state index contributed by atoms with van der Waals surface area (Å²) in [5.41, 5.74) is 0.895. The monoisotopic (exact) mass is 318 g/mol. The van der Waals surface area contributed by atoms with E-state index in [1.54, 1.807) is 31.2 Å². The third-order valence-corrected chi connectivity index (χ3v) is 3.57. The number of hydrogen-bond acceptors (Lipinski definition) is 4. The van der Waals surface area contributed by atoms with Crippen molar-refractivity contribution < 1.29 is 14.3 Å². The lowest BCUT2D eigenvalue weighted by molar-refractivity contribution is -0.145. The Balaban J connectivity index is 2.21. The maximum absolute atomic E-state index is 12.4. The zero-order valence-electron chi connectivity index (χ0n) is 12.1. The molecular formula is C16H15ClN2O3. The van der Waals surface area contributed by atoms with Gasteiger partial charge in [0.1, 0.15) is 6.04 Å². The molecule has 1 aromatic carbocycles. The number of rotatable bonds is 4. The molecule has 0 spiro atoms. The molecule has 5 nitrogen and oxygen atoms in total. The first-order valence-electron chi connectivity index (χ1n) is 6.90. The molecule has 1 fully saturated rings. The van der Waals surface area contributed by atoms with Gasteiger partial charge < -0.3 is 14.8 Å². The molecular weight excluding hydrogens is 304 g/mol. The summed E-state index contributed by atoms with van der Waals surface area (Å²) in [5, 5.41) is 3.46. The minimum atomic E-state index is -0.496. The Bertz CT molecular complexity index is 659. The van der Waals surface area contributed by atoms with Crippen molar-refractivity contribution in [1.82, 2.24) is 5.32 Å². The third-order valence-electron chi connectivity index (χ3n) is 3.32. The SMILES string of the molecule is [C-]#[N+]/C(C(=O)c1ccc(Cl)cc1)=C1\CCC(C(=O)OCC)N1. The van der Waals surface area contributed by atoms with Gasteiger partial charge in [-0.2, -0.15) is 0 Å². The summed E-state index contributed by atoms with van der Waals surface area (Å²) in [6, 6.07) is 5.86. The smallest absolute Gasteiger partial charge is 0.328 e. The summed E-state index contributed by atoms with van der Waals surface area (Å²) < 4.78 is 4.94. The topological polar surface area (TPSA) is 59.8 Å².